The number of rotatable bonds is 3. The van der Waals surface area contributed by atoms with Crippen LogP contribution in [0.3, 0.4) is 0 Å². The van der Waals surface area contributed by atoms with E-state index in [-0.39, 0.29) is 36.8 Å². The Labute approximate surface area is 159 Å². The Balaban J connectivity index is 0.00000144. The van der Waals surface area contributed by atoms with Gasteiger partial charge in [0.15, 0.2) is 0 Å². The standard InChI is InChI=1S/C17H21N3OS.2ClH/c1-12-11-22-16(19-12)13-5-4-6-14(9-13)17(21)20-8-3-2-7-15(20)10-18;;/h4-6,9,11,15H,2-3,7-8,10,18H2,1H3;2*1H. The zero-order valence-corrected chi connectivity index (χ0v) is 16.1. The maximum Gasteiger partial charge on any atom is 0.254 e. The lowest BCUT2D eigenvalue weighted by Gasteiger charge is -2.35. The Bertz CT molecular complexity index is 677. The van der Waals surface area contributed by atoms with Crippen LogP contribution < -0.4 is 5.73 Å². The molecule has 0 aliphatic carbocycles. The Morgan fingerprint density at radius 2 is 2.17 bits per heavy atom. The fourth-order valence-electron chi connectivity index (χ4n) is 2.95. The third kappa shape index (κ3) is 4.48. The van der Waals surface area contributed by atoms with Gasteiger partial charge in [0.05, 0.1) is 0 Å². The van der Waals surface area contributed by atoms with Gasteiger partial charge in [0.1, 0.15) is 5.01 Å². The number of likely N-dealkylation sites (tertiary alicyclic amines) is 1. The number of amides is 1. The lowest BCUT2D eigenvalue weighted by atomic mass is 10.0. The Hall–Kier alpha value is -1.14. The monoisotopic (exact) mass is 387 g/mol. The topological polar surface area (TPSA) is 59.2 Å². The molecule has 2 aromatic rings. The minimum absolute atomic E-state index is 0. The van der Waals surface area contributed by atoms with Gasteiger partial charge in [-0.25, -0.2) is 4.98 Å². The van der Waals surface area contributed by atoms with E-state index in [2.05, 4.69) is 4.98 Å². The molecule has 24 heavy (non-hydrogen) atoms. The van der Waals surface area contributed by atoms with Crippen LogP contribution in [-0.4, -0.2) is 34.9 Å². The van der Waals surface area contributed by atoms with E-state index in [0.717, 1.165) is 47.6 Å². The summed E-state index contributed by atoms with van der Waals surface area (Å²) in [6.45, 7) is 3.33. The van der Waals surface area contributed by atoms with Crippen molar-refractivity contribution in [1.82, 2.24) is 9.88 Å². The van der Waals surface area contributed by atoms with Crippen molar-refractivity contribution in [3.8, 4) is 10.6 Å². The zero-order chi connectivity index (χ0) is 15.5. The molecule has 1 aromatic heterocycles. The summed E-state index contributed by atoms with van der Waals surface area (Å²) in [6.07, 6.45) is 3.23. The first-order valence-electron chi connectivity index (χ1n) is 7.72. The van der Waals surface area contributed by atoms with E-state index in [1.165, 1.54) is 0 Å². The molecule has 7 heteroatoms. The average Bonchev–Trinajstić information content (AvgIpc) is 3.01. The molecule has 4 nitrogen and oxygen atoms in total. The van der Waals surface area contributed by atoms with Crippen molar-refractivity contribution < 1.29 is 4.79 Å². The molecular weight excluding hydrogens is 365 g/mol. The molecule has 0 radical (unpaired) electrons. The van der Waals surface area contributed by atoms with E-state index < -0.39 is 0 Å². The minimum Gasteiger partial charge on any atom is -0.334 e. The van der Waals surface area contributed by atoms with E-state index in [0.29, 0.717) is 6.54 Å². The SMILES string of the molecule is Cc1csc(-c2cccc(C(=O)N3CCCCC3CN)c2)n1.Cl.Cl. The predicted octanol–water partition coefficient (Wildman–Crippen LogP) is 3.92. The molecule has 0 saturated carbocycles. The highest BCUT2D eigenvalue weighted by atomic mass is 35.5. The third-order valence-corrected chi connectivity index (χ3v) is 5.14. The minimum atomic E-state index is 0. The van der Waals surface area contributed by atoms with Gasteiger partial charge in [-0.05, 0) is 38.3 Å². The first-order valence-corrected chi connectivity index (χ1v) is 8.60. The van der Waals surface area contributed by atoms with Crippen LogP contribution in [0.2, 0.25) is 0 Å². The second-order valence-electron chi connectivity index (χ2n) is 5.76. The van der Waals surface area contributed by atoms with Crippen LogP contribution in [0.25, 0.3) is 10.6 Å². The molecule has 2 heterocycles. The van der Waals surface area contributed by atoms with Crippen molar-refractivity contribution in [1.29, 1.82) is 0 Å². The largest absolute Gasteiger partial charge is 0.334 e. The summed E-state index contributed by atoms with van der Waals surface area (Å²) in [7, 11) is 0. The molecule has 132 valence electrons. The van der Waals surface area contributed by atoms with Gasteiger partial charge in [-0.3, -0.25) is 4.79 Å². The highest BCUT2D eigenvalue weighted by Crippen LogP contribution is 2.26. The van der Waals surface area contributed by atoms with Crippen molar-refractivity contribution in [3.05, 3.63) is 40.9 Å². The number of halogens is 2. The number of nitrogens with two attached hydrogens (primary N) is 1. The number of aromatic nitrogens is 1. The van der Waals surface area contributed by atoms with Crippen LogP contribution in [0, 0.1) is 6.92 Å². The van der Waals surface area contributed by atoms with Crippen LogP contribution in [0.15, 0.2) is 29.6 Å². The van der Waals surface area contributed by atoms with E-state index in [4.69, 9.17) is 5.73 Å². The summed E-state index contributed by atoms with van der Waals surface area (Å²) in [4.78, 5) is 19.2. The summed E-state index contributed by atoms with van der Waals surface area (Å²) >= 11 is 1.61. The van der Waals surface area contributed by atoms with Crippen molar-refractivity contribution in [2.45, 2.75) is 32.2 Å². The second-order valence-corrected chi connectivity index (χ2v) is 6.62. The molecule has 1 amide bonds. The molecule has 2 N–H and O–H groups in total. The van der Waals surface area contributed by atoms with E-state index in [1.54, 1.807) is 11.3 Å². The van der Waals surface area contributed by atoms with Gasteiger partial charge in [-0.15, -0.1) is 36.2 Å². The molecule has 1 unspecified atom stereocenters. The number of hydrogen-bond acceptors (Lipinski definition) is 4. The van der Waals surface area contributed by atoms with Gasteiger partial charge in [0.2, 0.25) is 0 Å². The van der Waals surface area contributed by atoms with Gasteiger partial charge < -0.3 is 10.6 Å². The number of nitrogens with zero attached hydrogens (tertiary/aromatic N) is 2. The van der Waals surface area contributed by atoms with E-state index in [1.807, 2.05) is 41.5 Å². The Morgan fingerprint density at radius 1 is 1.38 bits per heavy atom. The van der Waals surface area contributed by atoms with Crippen LogP contribution in [0.4, 0.5) is 0 Å². The van der Waals surface area contributed by atoms with E-state index in [9.17, 15) is 4.79 Å². The van der Waals surface area contributed by atoms with Gasteiger partial charge in [0.25, 0.3) is 5.91 Å². The molecule has 1 aliphatic rings. The smallest absolute Gasteiger partial charge is 0.254 e. The molecule has 1 aromatic carbocycles. The molecule has 3 rings (SSSR count). The van der Waals surface area contributed by atoms with Crippen LogP contribution in [0.5, 0.6) is 0 Å². The quantitative estimate of drug-likeness (QED) is 0.867. The van der Waals surface area contributed by atoms with Gasteiger partial charge in [-0.2, -0.15) is 0 Å². The first kappa shape index (κ1) is 20.9. The molecule has 0 bridgehead atoms. The number of thiazole rings is 1. The maximum absolute atomic E-state index is 12.8. The first-order chi connectivity index (χ1) is 10.7. The fraction of sp³-hybridized carbons (Fsp3) is 0.412. The number of carbonyl (C=O) groups excluding carboxylic acids is 1. The lowest BCUT2D eigenvalue weighted by molar-refractivity contribution is 0.0623. The van der Waals surface area contributed by atoms with Crippen molar-refractivity contribution in [2.75, 3.05) is 13.1 Å². The highest BCUT2D eigenvalue weighted by Gasteiger charge is 2.26. The number of carbonyl (C=O) groups is 1. The Morgan fingerprint density at radius 3 is 2.83 bits per heavy atom. The summed E-state index contributed by atoms with van der Waals surface area (Å²) < 4.78 is 0. The van der Waals surface area contributed by atoms with Crippen LogP contribution in [-0.2, 0) is 0 Å². The van der Waals surface area contributed by atoms with Crippen molar-refractivity contribution >= 4 is 42.1 Å². The number of aryl methyl sites for hydroxylation is 1. The van der Waals surface area contributed by atoms with Crippen LogP contribution >= 0.6 is 36.2 Å². The molecular formula is C17H23Cl2N3OS. The van der Waals surface area contributed by atoms with Gasteiger partial charge in [-0.1, -0.05) is 12.1 Å². The van der Waals surface area contributed by atoms with Crippen molar-refractivity contribution in [2.24, 2.45) is 5.73 Å². The zero-order valence-electron chi connectivity index (χ0n) is 13.6. The summed E-state index contributed by atoms with van der Waals surface area (Å²) in [5, 5.41) is 2.99. The highest BCUT2D eigenvalue weighted by molar-refractivity contribution is 7.13. The van der Waals surface area contributed by atoms with E-state index >= 15 is 0 Å². The normalized spacial score (nSPS) is 16.9. The molecule has 1 fully saturated rings. The summed E-state index contributed by atoms with van der Waals surface area (Å²) in [5.41, 5.74) is 8.57. The number of hydrogen-bond donors (Lipinski definition) is 1. The molecule has 1 saturated heterocycles. The Kier molecular flexibility index (Phi) is 8.16. The van der Waals surface area contributed by atoms with Crippen molar-refractivity contribution in [3.63, 3.8) is 0 Å². The molecule has 1 aliphatic heterocycles. The average molecular weight is 388 g/mol. The summed E-state index contributed by atoms with van der Waals surface area (Å²) in [5.74, 6) is 0.0882. The fourth-order valence-corrected chi connectivity index (χ4v) is 3.75. The van der Waals surface area contributed by atoms with Gasteiger partial charge in [0, 0.05) is 41.3 Å². The maximum atomic E-state index is 12.8. The predicted molar refractivity (Wildman–Crippen MR) is 105 cm³/mol. The number of piperidine rings is 1. The van der Waals surface area contributed by atoms with Crippen LogP contribution in [0.1, 0.15) is 35.3 Å². The molecule has 1 atom stereocenters. The molecule has 0 spiro atoms. The van der Waals surface area contributed by atoms with Gasteiger partial charge >= 0.3 is 0 Å². The second kappa shape index (κ2) is 9.37. The lowest BCUT2D eigenvalue weighted by Crippen LogP contribution is -2.47. The third-order valence-electron chi connectivity index (χ3n) is 4.14. The number of benzene rings is 1. The summed E-state index contributed by atoms with van der Waals surface area (Å²) in [6, 6.07) is 7.94.